The van der Waals surface area contributed by atoms with Crippen molar-refractivity contribution in [3.8, 4) is 0 Å². The van der Waals surface area contributed by atoms with Gasteiger partial charge >= 0.3 is 6.09 Å². The number of nitrogens with zero attached hydrogens (tertiary/aromatic N) is 1. The molecule has 1 N–H and O–H groups in total. The number of amides is 1. The summed E-state index contributed by atoms with van der Waals surface area (Å²) in [5.41, 5.74) is 0.392. The van der Waals surface area contributed by atoms with Gasteiger partial charge in [-0.05, 0) is 37.4 Å². The van der Waals surface area contributed by atoms with Gasteiger partial charge in [0.15, 0.2) is 0 Å². The third-order valence-corrected chi connectivity index (χ3v) is 5.64. The monoisotopic (exact) mass is 300 g/mol. The molecule has 116 valence electrons. The van der Waals surface area contributed by atoms with Crippen LogP contribution in [0, 0.1) is 5.41 Å². The fraction of sp³-hybridized carbons (Fsp3) is 0.933. The summed E-state index contributed by atoms with van der Waals surface area (Å²) in [5, 5.41) is 3.84. The number of likely N-dealkylation sites (tertiary alicyclic amines) is 1. The van der Waals surface area contributed by atoms with Gasteiger partial charge in [0.1, 0.15) is 0 Å². The highest BCUT2D eigenvalue weighted by Gasteiger charge is 2.34. The van der Waals surface area contributed by atoms with E-state index in [-0.39, 0.29) is 6.09 Å². The molecule has 2 aliphatic rings. The number of carbonyl (C=O) groups excluding carboxylic acids is 1. The first-order valence-corrected chi connectivity index (χ1v) is 8.94. The van der Waals surface area contributed by atoms with E-state index in [0.29, 0.717) is 24.1 Å². The van der Waals surface area contributed by atoms with Crippen LogP contribution in [0.5, 0.6) is 0 Å². The minimum Gasteiger partial charge on any atom is -0.450 e. The molecule has 2 fully saturated rings. The van der Waals surface area contributed by atoms with Crippen LogP contribution >= 0.6 is 11.8 Å². The van der Waals surface area contributed by atoms with E-state index in [2.05, 4.69) is 30.9 Å². The highest BCUT2D eigenvalue weighted by molar-refractivity contribution is 7.99. The van der Waals surface area contributed by atoms with Crippen LogP contribution in [0.25, 0.3) is 0 Å². The van der Waals surface area contributed by atoms with Crippen LogP contribution < -0.4 is 5.32 Å². The zero-order chi connectivity index (χ0) is 14.6. The van der Waals surface area contributed by atoms with Crippen LogP contribution in [0.3, 0.4) is 0 Å². The standard InChI is InChI=1S/C15H28N2O2S/c1-4-19-14(18)17-8-5-12(6-9-17)16-13-11-20-10-7-15(13,2)3/h12-13,16H,4-11H2,1-3H3. The van der Waals surface area contributed by atoms with Gasteiger partial charge in [-0.1, -0.05) is 13.8 Å². The van der Waals surface area contributed by atoms with Crippen LogP contribution in [0.15, 0.2) is 0 Å². The highest BCUT2D eigenvalue weighted by Crippen LogP contribution is 2.34. The largest absolute Gasteiger partial charge is 0.450 e. The summed E-state index contributed by atoms with van der Waals surface area (Å²) in [7, 11) is 0. The molecule has 4 nitrogen and oxygen atoms in total. The molecular formula is C15H28N2O2S. The van der Waals surface area contributed by atoms with E-state index < -0.39 is 0 Å². The number of rotatable bonds is 3. The third-order valence-electron chi connectivity index (χ3n) is 4.58. The van der Waals surface area contributed by atoms with Gasteiger partial charge in [-0.3, -0.25) is 0 Å². The molecule has 0 aromatic carbocycles. The first-order chi connectivity index (χ1) is 9.53. The fourth-order valence-electron chi connectivity index (χ4n) is 2.94. The Balaban J connectivity index is 1.78. The van der Waals surface area contributed by atoms with Crippen molar-refractivity contribution in [1.29, 1.82) is 0 Å². The molecule has 5 heteroatoms. The van der Waals surface area contributed by atoms with Crippen LogP contribution in [-0.4, -0.2) is 54.3 Å². The topological polar surface area (TPSA) is 41.6 Å². The van der Waals surface area contributed by atoms with Gasteiger partial charge in [-0.25, -0.2) is 4.79 Å². The Labute approximate surface area is 127 Å². The zero-order valence-corrected chi connectivity index (χ0v) is 13.8. The van der Waals surface area contributed by atoms with Crippen molar-refractivity contribution in [2.24, 2.45) is 5.41 Å². The van der Waals surface area contributed by atoms with E-state index in [1.165, 1.54) is 17.9 Å². The van der Waals surface area contributed by atoms with Gasteiger partial charge < -0.3 is 15.0 Å². The molecule has 0 spiro atoms. The molecule has 1 amide bonds. The van der Waals surface area contributed by atoms with Gasteiger partial charge in [0.05, 0.1) is 6.61 Å². The molecule has 2 saturated heterocycles. The zero-order valence-electron chi connectivity index (χ0n) is 13.0. The smallest absolute Gasteiger partial charge is 0.409 e. The Bertz CT molecular complexity index is 328. The highest BCUT2D eigenvalue weighted by atomic mass is 32.2. The maximum atomic E-state index is 11.7. The Hall–Kier alpha value is -0.420. The summed E-state index contributed by atoms with van der Waals surface area (Å²) in [6, 6.07) is 1.14. The molecule has 2 heterocycles. The lowest BCUT2D eigenvalue weighted by Crippen LogP contribution is -2.54. The van der Waals surface area contributed by atoms with Crippen LogP contribution in [0.2, 0.25) is 0 Å². The summed E-state index contributed by atoms with van der Waals surface area (Å²) >= 11 is 2.06. The maximum absolute atomic E-state index is 11.7. The van der Waals surface area contributed by atoms with Gasteiger partial charge in [-0.15, -0.1) is 0 Å². The number of hydrogen-bond acceptors (Lipinski definition) is 4. The van der Waals surface area contributed by atoms with E-state index in [9.17, 15) is 4.79 Å². The van der Waals surface area contributed by atoms with Gasteiger partial charge in [0.2, 0.25) is 0 Å². The Morgan fingerprint density at radius 3 is 2.70 bits per heavy atom. The molecule has 0 aromatic rings. The van der Waals surface area contributed by atoms with Crippen molar-refractivity contribution >= 4 is 17.9 Å². The second-order valence-electron chi connectivity index (χ2n) is 6.49. The van der Waals surface area contributed by atoms with Gasteiger partial charge in [0, 0.05) is 30.9 Å². The van der Waals surface area contributed by atoms with E-state index in [0.717, 1.165) is 25.9 Å². The lowest BCUT2D eigenvalue weighted by atomic mass is 9.81. The first-order valence-electron chi connectivity index (χ1n) is 7.78. The van der Waals surface area contributed by atoms with E-state index in [1.807, 2.05) is 11.8 Å². The van der Waals surface area contributed by atoms with Gasteiger partial charge in [-0.2, -0.15) is 11.8 Å². The molecule has 2 rings (SSSR count). The molecular weight excluding hydrogens is 272 g/mol. The summed E-state index contributed by atoms with van der Waals surface area (Å²) in [6.45, 7) is 8.70. The van der Waals surface area contributed by atoms with Crippen molar-refractivity contribution in [2.75, 3.05) is 31.2 Å². The normalized spacial score (nSPS) is 27.4. The molecule has 0 aliphatic carbocycles. The fourth-order valence-corrected chi connectivity index (χ4v) is 4.56. The van der Waals surface area contributed by atoms with Crippen LogP contribution in [0.4, 0.5) is 4.79 Å². The second-order valence-corrected chi connectivity index (χ2v) is 7.64. The molecule has 0 aromatic heterocycles. The van der Waals surface area contributed by atoms with Crippen molar-refractivity contribution in [1.82, 2.24) is 10.2 Å². The second kappa shape index (κ2) is 7.03. The Morgan fingerprint density at radius 2 is 2.10 bits per heavy atom. The number of piperidine rings is 1. The van der Waals surface area contributed by atoms with E-state index in [1.54, 1.807) is 0 Å². The number of ether oxygens (including phenoxy) is 1. The SMILES string of the molecule is CCOC(=O)N1CCC(NC2CSCCC2(C)C)CC1. The van der Waals surface area contributed by atoms with Crippen LogP contribution in [0.1, 0.15) is 40.0 Å². The summed E-state index contributed by atoms with van der Waals surface area (Å²) < 4.78 is 5.06. The molecule has 0 saturated carbocycles. The number of hydrogen-bond donors (Lipinski definition) is 1. The summed E-state index contributed by atoms with van der Waals surface area (Å²) in [4.78, 5) is 13.5. The molecule has 20 heavy (non-hydrogen) atoms. The predicted molar refractivity (Wildman–Crippen MR) is 84.3 cm³/mol. The first kappa shape index (κ1) is 16.0. The summed E-state index contributed by atoms with van der Waals surface area (Å²) in [6.07, 6.45) is 3.21. The molecule has 1 unspecified atom stereocenters. The average molecular weight is 300 g/mol. The summed E-state index contributed by atoms with van der Waals surface area (Å²) in [5.74, 6) is 2.50. The molecule has 1 atom stereocenters. The lowest BCUT2D eigenvalue weighted by Gasteiger charge is -2.42. The molecule has 2 aliphatic heterocycles. The Kier molecular flexibility index (Phi) is 5.61. The minimum absolute atomic E-state index is 0.153. The van der Waals surface area contributed by atoms with E-state index in [4.69, 9.17) is 4.74 Å². The van der Waals surface area contributed by atoms with Crippen molar-refractivity contribution in [3.05, 3.63) is 0 Å². The average Bonchev–Trinajstić information content (AvgIpc) is 2.42. The van der Waals surface area contributed by atoms with Gasteiger partial charge in [0.25, 0.3) is 0 Å². The predicted octanol–water partition coefficient (Wildman–Crippen LogP) is 2.73. The van der Waals surface area contributed by atoms with Crippen LogP contribution in [-0.2, 0) is 4.74 Å². The quantitative estimate of drug-likeness (QED) is 0.870. The third kappa shape index (κ3) is 4.04. The molecule has 0 bridgehead atoms. The number of carbonyl (C=O) groups is 1. The Morgan fingerprint density at radius 1 is 1.40 bits per heavy atom. The number of thioether (sulfide) groups is 1. The van der Waals surface area contributed by atoms with E-state index >= 15 is 0 Å². The number of nitrogens with one attached hydrogen (secondary N) is 1. The minimum atomic E-state index is -0.153. The molecule has 0 radical (unpaired) electrons. The van der Waals surface area contributed by atoms with Crippen molar-refractivity contribution in [3.63, 3.8) is 0 Å². The van der Waals surface area contributed by atoms with Crippen molar-refractivity contribution in [2.45, 2.75) is 52.1 Å². The maximum Gasteiger partial charge on any atom is 0.409 e. The lowest BCUT2D eigenvalue weighted by molar-refractivity contribution is 0.0918. The van der Waals surface area contributed by atoms with Crippen molar-refractivity contribution < 1.29 is 9.53 Å².